The van der Waals surface area contributed by atoms with Gasteiger partial charge in [-0.25, -0.2) is 9.69 Å². The SMILES string of the molecule is CO[C@](C)(C(=O)O)N1C(=O)CCC1=O. The summed E-state index contributed by atoms with van der Waals surface area (Å²) >= 11 is 0. The minimum Gasteiger partial charge on any atom is -0.478 e. The third kappa shape index (κ3) is 1.37. The quantitative estimate of drug-likeness (QED) is 0.627. The van der Waals surface area contributed by atoms with E-state index >= 15 is 0 Å². The lowest BCUT2D eigenvalue weighted by Gasteiger charge is -2.31. The number of carbonyl (C=O) groups is 3. The fourth-order valence-electron chi connectivity index (χ4n) is 1.33. The number of hydrogen-bond acceptors (Lipinski definition) is 4. The summed E-state index contributed by atoms with van der Waals surface area (Å²) in [5, 5.41) is 8.86. The average molecular weight is 201 g/mol. The molecule has 0 aliphatic carbocycles. The fourth-order valence-corrected chi connectivity index (χ4v) is 1.33. The molecule has 1 fully saturated rings. The predicted octanol–water partition coefficient (Wildman–Crippen LogP) is -0.417. The predicted molar refractivity (Wildman–Crippen MR) is 44.1 cm³/mol. The Morgan fingerprint density at radius 3 is 2.14 bits per heavy atom. The smallest absolute Gasteiger partial charge is 0.357 e. The summed E-state index contributed by atoms with van der Waals surface area (Å²) < 4.78 is 4.71. The number of ether oxygens (including phenoxy) is 1. The molecule has 0 aromatic carbocycles. The van der Waals surface area contributed by atoms with Crippen molar-refractivity contribution in [2.45, 2.75) is 25.5 Å². The second-order valence-corrected chi connectivity index (χ2v) is 3.12. The molecular weight excluding hydrogens is 190 g/mol. The van der Waals surface area contributed by atoms with Crippen LogP contribution in [0.15, 0.2) is 0 Å². The number of amides is 2. The van der Waals surface area contributed by atoms with Crippen molar-refractivity contribution >= 4 is 17.8 Å². The Bertz CT molecular complexity index is 284. The van der Waals surface area contributed by atoms with Crippen molar-refractivity contribution in [2.24, 2.45) is 0 Å². The highest BCUT2D eigenvalue weighted by atomic mass is 16.5. The van der Waals surface area contributed by atoms with Crippen molar-refractivity contribution in [3.8, 4) is 0 Å². The van der Waals surface area contributed by atoms with Gasteiger partial charge in [-0.1, -0.05) is 0 Å². The van der Waals surface area contributed by atoms with Gasteiger partial charge in [0.2, 0.25) is 17.5 Å². The van der Waals surface area contributed by atoms with Crippen LogP contribution in [-0.2, 0) is 19.1 Å². The first-order chi connectivity index (χ1) is 6.43. The van der Waals surface area contributed by atoms with Gasteiger partial charge in [0.15, 0.2) is 0 Å². The minimum atomic E-state index is -1.88. The van der Waals surface area contributed by atoms with Crippen molar-refractivity contribution in [3.05, 3.63) is 0 Å². The Kier molecular flexibility index (Phi) is 2.57. The Morgan fingerprint density at radius 2 is 1.86 bits per heavy atom. The highest BCUT2D eigenvalue weighted by Crippen LogP contribution is 2.24. The summed E-state index contributed by atoms with van der Waals surface area (Å²) in [7, 11) is 1.15. The Labute approximate surface area is 80.4 Å². The van der Waals surface area contributed by atoms with Gasteiger partial charge in [-0.2, -0.15) is 0 Å². The van der Waals surface area contributed by atoms with E-state index in [-0.39, 0.29) is 12.8 Å². The molecule has 1 saturated heterocycles. The maximum Gasteiger partial charge on any atom is 0.357 e. The summed E-state index contributed by atoms with van der Waals surface area (Å²) in [4.78, 5) is 34.0. The maximum absolute atomic E-state index is 11.3. The molecule has 1 aliphatic rings. The van der Waals surface area contributed by atoms with Crippen LogP contribution in [0.3, 0.4) is 0 Å². The van der Waals surface area contributed by atoms with Gasteiger partial charge in [-0.05, 0) is 6.92 Å². The zero-order chi connectivity index (χ0) is 10.9. The third-order valence-electron chi connectivity index (χ3n) is 2.27. The van der Waals surface area contributed by atoms with Crippen LogP contribution in [0.4, 0.5) is 0 Å². The number of methoxy groups -OCH3 is 1. The van der Waals surface area contributed by atoms with Crippen molar-refractivity contribution in [2.75, 3.05) is 7.11 Å². The van der Waals surface area contributed by atoms with E-state index in [2.05, 4.69) is 0 Å². The third-order valence-corrected chi connectivity index (χ3v) is 2.27. The monoisotopic (exact) mass is 201 g/mol. The van der Waals surface area contributed by atoms with Gasteiger partial charge in [0.1, 0.15) is 0 Å². The summed E-state index contributed by atoms with van der Waals surface area (Å²) in [5.41, 5.74) is -1.88. The summed E-state index contributed by atoms with van der Waals surface area (Å²) in [6.07, 6.45) is 0.0934. The van der Waals surface area contributed by atoms with E-state index in [0.29, 0.717) is 4.90 Å². The molecule has 1 rings (SSSR count). The number of aliphatic carboxylic acids is 1. The molecule has 0 aromatic rings. The number of carboxylic acids is 1. The van der Waals surface area contributed by atoms with Gasteiger partial charge >= 0.3 is 5.97 Å². The molecule has 78 valence electrons. The molecule has 0 spiro atoms. The minimum absolute atomic E-state index is 0.0467. The number of carboxylic acid groups (broad SMARTS) is 1. The van der Waals surface area contributed by atoms with Crippen LogP contribution in [0.2, 0.25) is 0 Å². The van der Waals surface area contributed by atoms with Crippen LogP contribution in [-0.4, -0.2) is 40.6 Å². The van der Waals surface area contributed by atoms with E-state index in [9.17, 15) is 14.4 Å². The topological polar surface area (TPSA) is 83.9 Å². The van der Waals surface area contributed by atoms with Gasteiger partial charge in [0, 0.05) is 20.0 Å². The lowest BCUT2D eigenvalue weighted by atomic mass is 10.2. The van der Waals surface area contributed by atoms with E-state index < -0.39 is 23.5 Å². The van der Waals surface area contributed by atoms with E-state index in [1.165, 1.54) is 6.92 Å². The van der Waals surface area contributed by atoms with Gasteiger partial charge in [-0.15, -0.1) is 0 Å². The normalized spacial score (nSPS) is 21.1. The summed E-state index contributed by atoms with van der Waals surface area (Å²) in [6, 6.07) is 0. The second-order valence-electron chi connectivity index (χ2n) is 3.12. The largest absolute Gasteiger partial charge is 0.478 e. The van der Waals surface area contributed by atoms with Crippen molar-refractivity contribution in [1.29, 1.82) is 0 Å². The molecule has 1 N–H and O–H groups in total. The summed E-state index contributed by atoms with van der Waals surface area (Å²) in [6.45, 7) is 1.18. The molecule has 0 radical (unpaired) electrons. The summed E-state index contributed by atoms with van der Waals surface area (Å²) in [5.74, 6) is -2.38. The first-order valence-corrected chi connectivity index (χ1v) is 4.08. The van der Waals surface area contributed by atoms with Crippen molar-refractivity contribution in [3.63, 3.8) is 0 Å². The average Bonchev–Trinajstić information content (AvgIpc) is 2.45. The number of rotatable bonds is 3. The lowest BCUT2D eigenvalue weighted by Crippen LogP contribution is -2.56. The van der Waals surface area contributed by atoms with Crippen molar-refractivity contribution < 1.29 is 24.2 Å². The molecule has 1 aliphatic heterocycles. The highest BCUT2D eigenvalue weighted by molar-refractivity contribution is 6.05. The number of nitrogens with zero attached hydrogens (tertiary/aromatic N) is 1. The van der Waals surface area contributed by atoms with Crippen LogP contribution < -0.4 is 0 Å². The Morgan fingerprint density at radius 1 is 1.43 bits per heavy atom. The zero-order valence-corrected chi connectivity index (χ0v) is 7.94. The van der Waals surface area contributed by atoms with Crippen LogP contribution in [0, 0.1) is 0 Å². The molecule has 14 heavy (non-hydrogen) atoms. The first-order valence-electron chi connectivity index (χ1n) is 4.08. The van der Waals surface area contributed by atoms with Crippen LogP contribution >= 0.6 is 0 Å². The number of imide groups is 1. The van der Waals surface area contributed by atoms with E-state index in [0.717, 1.165) is 7.11 Å². The molecule has 0 unspecified atom stereocenters. The van der Waals surface area contributed by atoms with Crippen molar-refractivity contribution in [1.82, 2.24) is 4.90 Å². The molecule has 2 amide bonds. The molecular formula is C8H11NO5. The van der Waals surface area contributed by atoms with Crippen LogP contribution in [0.1, 0.15) is 19.8 Å². The van der Waals surface area contributed by atoms with Crippen LogP contribution in [0.5, 0.6) is 0 Å². The first kappa shape index (κ1) is 10.6. The molecule has 0 saturated carbocycles. The lowest BCUT2D eigenvalue weighted by molar-refractivity contribution is -0.191. The fraction of sp³-hybridized carbons (Fsp3) is 0.625. The van der Waals surface area contributed by atoms with E-state index in [1.54, 1.807) is 0 Å². The molecule has 0 aromatic heterocycles. The van der Waals surface area contributed by atoms with Gasteiger partial charge < -0.3 is 9.84 Å². The Balaban J connectivity index is 3.05. The molecule has 1 atom stereocenters. The Hall–Kier alpha value is -1.43. The highest BCUT2D eigenvalue weighted by Gasteiger charge is 2.49. The van der Waals surface area contributed by atoms with Gasteiger partial charge in [0.05, 0.1) is 0 Å². The number of hydrogen-bond donors (Lipinski definition) is 1. The molecule has 1 heterocycles. The van der Waals surface area contributed by atoms with E-state index in [4.69, 9.17) is 9.84 Å². The molecule has 0 bridgehead atoms. The number of carbonyl (C=O) groups excluding carboxylic acids is 2. The molecule has 6 nitrogen and oxygen atoms in total. The van der Waals surface area contributed by atoms with Crippen LogP contribution in [0.25, 0.3) is 0 Å². The van der Waals surface area contributed by atoms with Gasteiger partial charge in [-0.3, -0.25) is 9.59 Å². The van der Waals surface area contributed by atoms with Gasteiger partial charge in [0.25, 0.3) is 0 Å². The maximum atomic E-state index is 11.3. The van der Waals surface area contributed by atoms with E-state index in [1.807, 2.05) is 0 Å². The molecule has 6 heteroatoms. The zero-order valence-electron chi connectivity index (χ0n) is 7.94. The second kappa shape index (κ2) is 3.38. The number of likely N-dealkylation sites (tertiary alicyclic amines) is 1. The standard InChI is InChI=1S/C8H11NO5/c1-8(14-2,7(12)13)9-5(10)3-4-6(9)11/h3-4H2,1-2H3,(H,12,13)/t8-/m1/s1.